The summed E-state index contributed by atoms with van der Waals surface area (Å²) in [6.45, 7) is 0. The molecule has 0 unspecified atom stereocenters. The van der Waals surface area contributed by atoms with Crippen molar-refractivity contribution in [1.82, 2.24) is 0 Å². The fourth-order valence-electron chi connectivity index (χ4n) is 0.201. The lowest BCUT2D eigenvalue weighted by Crippen LogP contribution is -1.67. The highest BCUT2D eigenvalue weighted by Gasteiger charge is 1.80. The predicted octanol–water partition coefficient (Wildman–Crippen LogP) is 2.36. The summed E-state index contributed by atoms with van der Waals surface area (Å²) in [4.78, 5) is 0. The van der Waals surface area contributed by atoms with Crippen LogP contribution in [-0.2, 0) is 0 Å². The lowest BCUT2D eigenvalue weighted by molar-refractivity contribution is 2.13. The normalized spacial score (nSPS) is 9.43. The summed E-state index contributed by atoms with van der Waals surface area (Å²) >= 11 is 5.76. The van der Waals surface area contributed by atoms with Gasteiger partial charge in [0.15, 0.2) is 0 Å². The number of hydrogen-bond acceptors (Lipinski definition) is 3. The Morgan fingerprint density at radius 2 is 1.43 bits per heavy atom. The summed E-state index contributed by atoms with van der Waals surface area (Å²) in [6.07, 6.45) is 4.26. The molecule has 0 nitrogen and oxygen atoms in total. The fraction of sp³-hybridized carbons (Fsp3) is 1.00. The molecule has 0 aliphatic rings. The van der Waals surface area contributed by atoms with Crippen LogP contribution in [0.15, 0.2) is 0 Å². The van der Waals surface area contributed by atoms with E-state index in [1.165, 1.54) is 10.2 Å². The minimum absolute atomic E-state index is 1.24. The molecule has 7 heavy (non-hydrogen) atoms. The smallest absolute Gasteiger partial charge is 0.0397 e. The minimum Gasteiger partial charge on any atom is -0.154 e. The third-order valence-electron chi connectivity index (χ3n) is 0.402. The second-order valence-electron chi connectivity index (χ2n) is 1.02. The standard InChI is InChI=1S/C4H10S3/c1-5-3-7-4-6-2/h3-4H2,1-2H3. The van der Waals surface area contributed by atoms with Crippen LogP contribution in [0.1, 0.15) is 0 Å². The Morgan fingerprint density at radius 1 is 1.00 bits per heavy atom. The molecule has 0 aromatic heterocycles. The second kappa shape index (κ2) is 7.05. The first-order chi connectivity index (χ1) is 3.41. The molecule has 0 bridgehead atoms. The summed E-state index contributed by atoms with van der Waals surface area (Å²) in [7, 11) is 0. The van der Waals surface area contributed by atoms with Gasteiger partial charge in [-0.1, -0.05) is 0 Å². The molecule has 0 spiro atoms. The fourth-order valence-corrected chi connectivity index (χ4v) is 2.42. The maximum absolute atomic E-state index is 2.13. The van der Waals surface area contributed by atoms with Crippen molar-refractivity contribution in [3.8, 4) is 0 Å². The Morgan fingerprint density at radius 3 is 1.71 bits per heavy atom. The Bertz CT molecular complexity index is 26.1. The monoisotopic (exact) mass is 154 g/mol. The molecule has 0 amide bonds. The third-order valence-corrected chi connectivity index (χ3v) is 3.62. The van der Waals surface area contributed by atoms with Crippen LogP contribution in [0.4, 0.5) is 0 Å². The van der Waals surface area contributed by atoms with Gasteiger partial charge in [-0.05, 0) is 12.5 Å². The first-order valence-electron chi connectivity index (χ1n) is 1.97. The lowest BCUT2D eigenvalue weighted by Gasteiger charge is -1.91. The van der Waals surface area contributed by atoms with Crippen molar-refractivity contribution in [2.45, 2.75) is 0 Å². The van der Waals surface area contributed by atoms with Gasteiger partial charge in [-0.2, -0.15) is 23.5 Å². The quantitative estimate of drug-likeness (QED) is 0.451. The van der Waals surface area contributed by atoms with E-state index in [0.717, 1.165) is 0 Å². The molecule has 0 radical (unpaired) electrons. The van der Waals surface area contributed by atoms with Crippen molar-refractivity contribution in [1.29, 1.82) is 0 Å². The maximum Gasteiger partial charge on any atom is 0.0397 e. The van der Waals surface area contributed by atoms with Crippen molar-refractivity contribution in [2.24, 2.45) is 0 Å². The van der Waals surface area contributed by atoms with Crippen LogP contribution >= 0.6 is 35.3 Å². The zero-order chi connectivity index (χ0) is 5.54. The summed E-state index contributed by atoms with van der Waals surface area (Å²) in [5.41, 5.74) is 0. The molecule has 0 N–H and O–H groups in total. The van der Waals surface area contributed by atoms with Crippen LogP contribution in [0.5, 0.6) is 0 Å². The third kappa shape index (κ3) is 7.05. The lowest BCUT2D eigenvalue weighted by atomic mass is 11.8. The zero-order valence-electron chi connectivity index (χ0n) is 4.64. The van der Waals surface area contributed by atoms with Gasteiger partial charge >= 0.3 is 0 Å². The van der Waals surface area contributed by atoms with E-state index in [9.17, 15) is 0 Å². The van der Waals surface area contributed by atoms with Crippen molar-refractivity contribution < 1.29 is 0 Å². The summed E-state index contributed by atoms with van der Waals surface area (Å²) in [5, 5.41) is 2.47. The highest BCUT2D eigenvalue weighted by atomic mass is 32.2. The summed E-state index contributed by atoms with van der Waals surface area (Å²) < 4.78 is 0. The summed E-state index contributed by atoms with van der Waals surface area (Å²) in [5.74, 6) is 0. The Labute approximate surface area is 58.2 Å². The molecule has 44 valence electrons. The van der Waals surface area contributed by atoms with E-state index >= 15 is 0 Å². The molecule has 0 heterocycles. The van der Waals surface area contributed by atoms with E-state index in [-0.39, 0.29) is 0 Å². The van der Waals surface area contributed by atoms with E-state index in [1.807, 2.05) is 35.3 Å². The van der Waals surface area contributed by atoms with Crippen molar-refractivity contribution in [2.75, 3.05) is 22.7 Å². The minimum atomic E-state index is 1.24. The maximum atomic E-state index is 2.13. The van der Waals surface area contributed by atoms with E-state index in [4.69, 9.17) is 0 Å². The number of hydrogen-bond donors (Lipinski definition) is 0. The SMILES string of the molecule is CSCSCSC. The topological polar surface area (TPSA) is 0 Å². The molecule has 0 aliphatic heterocycles. The van der Waals surface area contributed by atoms with Gasteiger partial charge in [0.2, 0.25) is 0 Å². The average Bonchev–Trinajstić information content (AvgIpc) is 1.69. The molecular formula is C4H10S3. The van der Waals surface area contributed by atoms with Gasteiger partial charge in [-0.25, -0.2) is 0 Å². The van der Waals surface area contributed by atoms with Crippen LogP contribution in [0.2, 0.25) is 0 Å². The Kier molecular flexibility index (Phi) is 8.11. The van der Waals surface area contributed by atoms with E-state index in [2.05, 4.69) is 12.5 Å². The van der Waals surface area contributed by atoms with Crippen molar-refractivity contribution in [3.63, 3.8) is 0 Å². The molecule has 0 fully saturated rings. The van der Waals surface area contributed by atoms with Crippen LogP contribution in [0, 0.1) is 0 Å². The average molecular weight is 154 g/mol. The van der Waals surface area contributed by atoms with Gasteiger partial charge in [0.25, 0.3) is 0 Å². The second-order valence-corrected chi connectivity index (χ2v) is 4.47. The Hall–Kier alpha value is 1.05. The molecule has 0 saturated carbocycles. The molecule has 0 aromatic carbocycles. The molecule has 0 atom stereocenters. The highest BCUT2D eigenvalue weighted by Crippen LogP contribution is 2.12. The molecule has 0 aliphatic carbocycles. The van der Waals surface area contributed by atoms with Crippen LogP contribution < -0.4 is 0 Å². The molecular weight excluding hydrogens is 144 g/mol. The number of thioether (sulfide) groups is 3. The largest absolute Gasteiger partial charge is 0.154 e. The van der Waals surface area contributed by atoms with Gasteiger partial charge in [-0.3, -0.25) is 0 Å². The van der Waals surface area contributed by atoms with Crippen LogP contribution in [0.3, 0.4) is 0 Å². The first-order valence-corrected chi connectivity index (χ1v) is 5.91. The van der Waals surface area contributed by atoms with E-state index in [1.54, 1.807) is 0 Å². The van der Waals surface area contributed by atoms with Gasteiger partial charge in [0.1, 0.15) is 0 Å². The molecule has 3 heteroatoms. The Balaban J connectivity index is 2.45. The zero-order valence-corrected chi connectivity index (χ0v) is 7.09. The predicted molar refractivity (Wildman–Crippen MR) is 44.4 cm³/mol. The summed E-state index contributed by atoms with van der Waals surface area (Å²) in [6, 6.07) is 0. The van der Waals surface area contributed by atoms with Gasteiger partial charge in [0, 0.05) is 10.2 Å². The molecule has 0 saturated heterocycles. The van der Waals surface area contributed by atoms with E-state index in [0.29, 0.717) is 0 Å². The van der Waals surface area contributed by atoms with E-state index < -0.39 is 0 Å². The highest BCUT2D eigenvalue weighted by molar-refractivity contribution is 8.22. The van der Waals surface area contributed by atoms with Crippen molar-refractivity contribution >= 4 is 35.3 Å². The van der Waals surface area contributed by atoms with Crippen molar-refractivity contribution in [3.05, 3.63) is 0 Å². The van der Waals surface area contributed by atoms with Crippen LogP contribution in [0.25, 0.3) is 0 Å². The first kappa shape index (κ1) is 8.05. The van der Waals surface area contributed by atoms with Gasteiger partial charge in [0.05, 0.1) is 0 Å². The van der Waals surface area contributed by atoms with Gasteiger partial charge in [-0.15, -0.1) is 11.8 Å². The number of rotatable bonds is 4. The molecule has 0 aromatic rings. The van der Waals surface area contributed by atoms with Gasteiger partial charge < -0.3 is 0 Å². The molecule has 0 rings (SSSR count). The van der Waals surface area contributed by atoms with Crippen LogP contribution in [-0.4, -0.2) is 22.7 Å².